The highest BCUT2D eigenvalue weighted by Crippen LogP contribution is 2.17. The molecule has 0 aliphatic carbocycles. The van der Waals surface area contributed by atoms with E-state index in [1.807, 2.05) is 26.0 Å². The minimum Gasteiger partial charge on any atom is -0.481 e. The smallest absolute Gasteiger partial charge is 0.308 e. The standard InChI is InChI=1S/C15H18N2O3/c1-9(2)12(15(19)20)8-17-14(18)11-4-3-5-13-10(11)6-7-16-13/h3-7,9,12,16H,8H2,1-2H3,(H,17,18)(H,19,20). The first-order chi connectivity index (χ1) is 9.50. The van der Waals surface area contributed by atoms with Crippen LogP contribution in [-0.4, -0.2) is 28.5 Å². The summed E-state index contributed by atoms with van der Waals surface area (Å²) in [6, 6.07) is 7.25. The van der Waals surface area contributed by atoms with Crippen LogP contribution in [0.25, 0.3) is 10.9 Å². The number of amides is 1. The molecule has 0 radical (unpaired) electrons. The molecule has 2 aromatic rings. The number of carbonyl (C=O) groups excluding carboxylic acids is 1. The molecule has 1 aromatic heterocycles. The number of carboxylic acids is 1. The number of aliphatic carboxylic acids is 1. The van der Waals surface area contributed by atoms with Crippen molar-refractivity contribution in [2.75, 3.05) is 6.54 Å². The Labute approximate surface area is 117 Å². The molecule has 0 saturated heterocycles. The van der Waals surface area contributed by atoms with Gasteiger partial charge in [-0.3, -0.25) is 9.59 Å². The quantitative estimate of drug-likeness (QED) is 0.782. The number of carbonyl (C=O) groups is 2. The minimum atomic E-state index is -0.889. The Morgan fingerprint density at radius 3 is 2.70 bits per heavy atom. The average Bonchev–Trinajstić information content (AvgIpc) is 2.85. The van der Waals surface area contributed by atoms with Gasteiger partial charge in [-0.2, -0.15) is 0 Å². The van der Waals surface area contributed by atoms with E-state index in [4.69, 9.17) is 5.11 Å². The molecule has 106 valence electrons. The van der Waals surface area contributed by atoms with Crippen LogP contribution in [0.3, 0.4) is 0 Å². The molecule has 0 fully saturated rings. The fourth-order valence-electron chi connectivity index (χ4n) is 2.19. The van der Waals surface area contributed by atoms with Gasteiger partial charge in [0.15, 0.2) is 0 Å². The monoisotopic (exact) mass is 274 g/mol. The maximum absolute atomic E-state index is 12.2. The maximum Gasteiger partial charge on any atom is 0.308 e. The van der Waals surface area contributed by atoms with E-state index >= 15 is 0 Å². The molecule has 0 aliphatic heterocycles. The van der Waals surface area contributed by atoms with Crippen molar-refractivity contribution in [2.45, 2.75) is 13.8 Å². The van der Waals surface area contributed by atoms with Crippen LogP contribution >= 0.6 is 0 Å². The van der Waals surface area contributed by atoms with Crippen LogP contribution in [0.2, 0.25) is 0 Å². The van der Waals surface area contributed by atoms with Gasteiger partial charge >= 0.3 is 5.97 Å². The number of hydrogen-bond donors (Lipinski definition) is 3. The van der Waals surface area contributed by atoms with E-state index < -0.39 is 11.9 Å². The summed E-state index contributed by atoms with van der Waals surface area (Å²) in [7, 11) is 0. The zero-order valence-corrected chi connectivity index (χ0v) is 11.5. The van der Waals surface area contributed by atoms with Crippen LogP contribution in [0.5, 0.6) is 0 Å². The molecule has 1 amide bonds. The third kappa shape index (κ3) is 2.82. The number of aromatic amines is 1. The average molecular weight is 274 g/mol. The Hall–Kier alpha value is -2.30. The molecule has 0 saturated carbocycles. The van der Waals surface area contributed by atoms with Crippen molar-refractivity contribution in [3.05, 3.63) is 36.0 Å². The van der Waals surface area contributed by atoms with Gasteiger partial charge in [0.05, 0.1) is 5.92 Å². The Balaban J connectivity index is 2.12. The van der Waals surface area contributed by atoms with E-state index in [0.29, 0.717) is 5.56 Å². The van der Waals surface area contributed by atoms with E-state index in [9.17, 15) is 9.59 Å². The lowest BCUT2D eigenvalue weighted by Gasteiger charge is -2.16. The van der Waals surface area contributed by atoms with E-state index in [-0.39, 0.29) is 18.4 Å². The molecule has 0 aliphatic rings. The summed E-state index contributed by atoms with van der Waals surface area (Å²) in [5.41, 5.74) is 1.44. The van der Waals surface area contributed by atoms with Crippen LogP contribution in [0.4, 0.5) is 0 Å². The third-order valence-electron chi connectivity index (χ3n) is 3.44. The van der Waals surface area contributed by atoms with Crippen molar-refractivity contribution in [3.8, 4) is 0 Å². The summed E-state index contributed by atoms with van der Waals surface area (Å²) < 4.78 is 0. The topological polar surface area (TPSA) is 82.2 Å². The van der Waals surface area contributed by atoms with Gasteiger partial charge in [-0.1, -0.05) is 19.9 Å². The molecular weight excluding hydrogens is 256 g/mol. The summed E-state index contributed by atoms with van der Waals surface area (Å²) in [6.07, 6.45) is 1.77. The van der Waals surface area contributed by atoms with Crippen LogP contribution in [0.1, 0.15) is 24.2 Å². The number of benzene rings is 1. The van der Waals surface area contributed by atoms with Crippen LogP contribution in [0.15, 0.2) is 30.5 Å². The highest BCUT2D eigenvalue weighted by Gasteiger charge is 2.22. The number of nitrogens with one attached hydrogen (secondary N) is 2. The lowest BCUT2D eigenvalue weighted by molar-refractivity contribution is -0.142. The van der Waals surface area contributed by atoms with Crippen molar-refractivity contribution in [3.63, 3.8) is 0 Å². The number of carboxylic acid groups (broad SMARTS) is 1. The molecule has 1 aromatic carbocycles. The summed E-state index contributed by atoms with van der Waals surface area (Å²) >= 11 is 0. The summed E-state index contributed by atoms with van der Waals surface area (Å²) in [6.45, 7) is 3.79. The fraction of sp³-hybridized carbons (Fsp3) is 0.333. The molecule has 2 rings (SSSR count). The molecule has 0 spiro atoms. The first-order valence-corrected chi connectivity index (χ1v) is 6.58. The van der Waals surface area contributed by atoms with Gasteiger partial charge in [0.2, 0.25) is 0 Å². The third-order valence-corrected chi connectivity index (χ3v) is 3.44. The summed E-state index contributed by atoms with van der Waals surface area (Å²) in [5.74, 6) is -1.75. The lowest BCUT2D eigenvalue weighted by atomic mass is 9.96. The number of hydrogen-bond acceptors (Lipinski definition) is 2. The number of fused-ring (bicyclic) bond motifs is 1. The molecule has 5 heteroatoms. The SMILES string of the molecule is CC(C)C(CNC(=O)c1cccc2[nH]ccc12)C(=O)O. The van der Waals surface area contributed by atoms with Gasteiger partial charge in [0.1, 0.15) is 0 Å². The van der Waals surface area contributed by atoms with Crippen molar-refractivity contribution in [2.24, 2.45) is 11.8 Å². The second-order valence-electron chi connectivity index (χ2n) is 5.14. The number of aromatic nitrogens is 1. The highest BCUT2D eigenvalue weighted by atomic mass is 16.4. The van der Waals surface area contributed by atoms with E-state index in [2.05, 4.69) is 10.3 Å². The summed E-state index contributed by atoms with van der Waals surface area (Å²) in [5, 5.41) is 12.7. The van der Waals surface area contributed by atoms with Gasteiger partial charge in [-0.25, -0.2) is 0 Å². The zero-order chi connectivity index (χ0) is 14.7. The van der Waals surface area contributed by atoms with Crippen molar-refractivity contribution in [1.82, 2.24) is 10.3 Å². The van der Waals surface area contributed by atoms with Gasteiger partial charge < -0.3 is 15.4 Å². The Kier molecular flexibility index (Phi) is 4.08. The predicted molar refractivity (Wildman–Crippen MR) is 76.6 cm³/mol. The zero-order valence-electron chi connectivity index (χ0n) is 11.5. The molecule has 20 heavy (non-hydrogen) atoms. The van der Waals surface area contributed by atoms with Gasteiger partial charge in [0, 0.05) is 29.2 Å². The van der Waals surface area contributed by atoms with Crippen LogP contribution < -0.4 is 5.32 Å². The molecule has 3 N–H and O–H groups in total. The molecule has 1 heterocycles. The van der Waals surface area contributed by atoms with Gasteiger partial charge in [-0.15, -0.1) is 0 Å². The fourth-order valence-corrected chi connectivity index (χ4v) is 2.19. The Morgan fingerprint density at radius 1 is 1.30 bits per heavy atom. The second kappa shape index (κ2) is 5.77. The Morgan fingerprint density at radius 2 is 2.05 bits per heavy atom. The van der Waals surface area contributed by atoms with Crippen molar-refractivity contribution in [1.29, 1.82) is 0 Å². The second-order valence-corrected chi connectivity index (χ2v) is 5.14. The molecule has 0 bridgehead atoms. The van der Waals surface area contributed by atoms with E-state index in [1.54, 1.807) is 18.3 Å². The lowest BCUT2D eigenvalue weighted by Crippen LogP contribution is -2.35. The molecule has 1 unspecified atom stereocenters. The van der Waals surface area contributed by atoms with Crippen LogP contribution in [0, 0.1) is 11.8 Å². The number of rotatable bonds is 5. The molecule has 5 nitrogen and oxygen atoms in total. The summed E-state index contributed by atoms with van der Waals surface area (Å²) in [4.78, 5) is 26.3. The largest absolute Gasteiger partial charge is 0.481 e. The predicted octanol–water partition coefficient (Wildman–Crippen LogP) is 2.25. The van der Waals surface area contributed by atoms with Gasteiger partial charge in [-0.05, 0) is 24.1 Å². The first kappa shape index (κ1) is 14.1. The molecular formula is C15H18N2O3. The van der Waals surface area contributed by atoms with Gasteiger partial charge in [0.25, 0.3) is 5.91 Å². The normalized spacial score (nSPS) is 12.6. The number of H-pyrrole nitrogens is 1. The maximum atomic E-state index is 12.2. The van der Waals surface area contributed by atoms with Crippen LogP contribution in [-0.2, 0) is 4.79 Å². The van der Waals surface area contributed by atoms with Crippen molar-refractivity contribution < 1.29 is 14.7 Å². The Bertz CT molecular complexity index is 631. The highest BCUT2D eigenvalue weighted by molar-refractivity contribution is 6.06. The molecule has 1 atom stereocenters. The first-order valence-electron chi connectivity index (χ1n) is 6.58. The van der Waals surface area contributed by atoms with Crippen molar-refractivity contribution >= 4 is 22.8 Å². The van der Waals surface area contributed by atoms with E-state index in [1.165, 1.54) is 0 Å². The minimum absolute atomic E-state index is 0.0316. The van der Waals surface area contributed by atoms with E-state index in [0.717, 1.165) is 10.9 Å².